The van der Waals surface area contributed by atoms with Crippen LogP contribution in [0.5, 0.6) is 0 Å². The number of aliphatic hydroxyl groups is 1. The van der Waals surface area contributed by atoms with Crippen molar-refractivity contribution in [2.75, 3.05) is 13.2 Å². The lowest BCUT2D eigenvalue weighted by Gasteiger charge is -2.17. The van der Waals surface area contributed by atoms with Gasteiger partial charge in [-0.05, 0) is 13.3 Å². The lowest BCUT2D eigenvalue weighted by molar-refractivity contribution is -0.128. The Morgan fingerprint density at radius 3 is 2.35 bits per heavy atom. The van der Waals surface area contributed by atoms with Crippen molar-refractivity contribution in [1.29, 1.82) is 0 Å². The highest BCUT2D eigenvalue weighted by Gasteiger charge is 2.20. The van der Waals surface area contributed by atoms with Gasteiger partial charge in [0.05, 0.1) is 6.61 Å². The molecule has 0 saturated heterocycles. The number of carbonyl (C=O) groups excluding carboxylic acids is 2. The van der Waals surface area contributed by atoms with E-state index in [-0.39, 0.29) is 24.5 Å². The van der Waals surface area contributed by atoms with Crippen LogP contribution < -0.4 is 10.6 Å². The van der Waals surface area contributed by atoms with E-state index in [4.69, 9.17) is 5.11 Å². The minimum Gasteiger partial charge on any atom is -0.394 e. The molecule has 5 nitrogen and oxygen atoms in total. The maximum atomic E-state index is 11.5. The molecule has 0 aliphatic heterocycles. The SMILES string of the molecule is C[C@H](CO)NC(=O)CCCNC(=O)C(C)(C)C. The summed E-state index contributed by atoms with van der Waals surface area (Å²) < 4.78 is 0. The van der Waals surface area contributed by atoms with Crippen molar-refractivity contribution in [3.63, 3.8) is 0 Å². The Hall–Kier alpha value is -1.10. The summed E-state index contributed by atoms with van der Waals surface area (Å²) in [5, 5.41) is 14.2. The fourth-order valence-electron chi connectivity index (χ4n) is 1.11. The zero-order chi connectivity index (χ0) is 13.5. The Kier molecular flexibility index (Phi) is 6.80. The first-order valence-electron chi connectivity index (χ1n) is 5.96. The quantitative estimate of drug-likeness (QED) is 0.593. The van der Waals surface area contributed by atoms with E-state index in [0.717, 1.165) is 0 Å². The first kappa shape index (κ1) is 15.9. The van der Waals surface area contributed by atoms with Gasteiger partial charge in [-0.1, -0.05) is 20.8 Å². The molecule has 1 atom stereocenters. The molecule has 0 aromatic carbocycles. The molecule has 17 heavy (non-hydrogen) atoms. The highest BCUT2D eigenvalue weighted by molar-refractivity contribution is 5.81. The zero-order valence-electron chi connectivity index (χ0n) is 11.2. The van der Waals surface area contributed by atoms with Gasteiger partial charge in [0.15, 0.2) is 0 Å². The summed E-state index contributed by atoms with van der Waals surface area (Å²) in [5.74, 6) is -0.113. The van der Waals surface area contributed by atoms with Crippen LogP contribution in [-0.2, 0) is 9.59 Å². The van der Waals surface area contributed by atoms with E-state index in [9.17, 15) is 9.59 Å². The van der Waals surface area contributed by atoms with Gasteiger partial charge in [0.2, 0.25) is 11.8 Å². The second-order valence-corrected chi connectivity index (χ2v) is 5.26. The molecule has 0 radical (unpaired) electrons. The van der Waals surface area contributed by atoms with E-state index < -0.39 is 5.41 Å². The van der Waals surface area contributed by atoms with Gasteiger partial charge >= 0.3 is 0 Å². The van der Waals surface area contributed by atoms with E-state index >= 15 is 0 Å². The maximum Gasteiger partial charge on any atom is 0.225 e. The molecule has 100 valence electrons. The molecule has 0 aliphatic carbocycles. The van der Waals surface area contributed by atoms with Crippen molar-refractivity contribution < 1.29 is 14.7 Å². The highest BCUT2D eigenvalue weighted by atomic mass is 16.3. The van der Waals surface area contributed by atoms with Crippen molar-refractivity contribution in [3.05, 3.63) is 0 Å². The summed E-state index contributed by atoms with van der Waals surface area (Å²) in [6, 6.07) is -0.216. The average Bonchev–Trinajstić information content (AvgIpc) is 2.22. The number of hydrogen-bond acceptors (Lipinski definition) is 3. The molecule has 0 rings (SSSR count). The standard InChI is InChI=1S/C12H24N2O3/c1-9(8-15)14-10(16)6-5-7-13-11(17)12(2,3)4/h9,15H,5-8H2,1-4H3,(H,13,17)(H,14,16)/t9-/m1/s1. The Morgan fingerprint density at radius 1 is 1.29 bits per heavy atom. The monoisotopic (exact) mass is 244 g/mol. The first-order chi connectivity index (χ1) is 7.77. The topological polar surface area (TPSA) is 78.4 Å². The molecule has 0 aliphatic rings. The van der Waals surface area contributed by atoms with Gasteiger partial charge in [-0.3, -0.25) is 9.59 Å². The van der Waals surface area contributed by atoms with Crippen molar-refractivity contribution in [2.45, 2.75) is 46.6 Å². The van der Waals surface area contributed by atoms with Crippen LogP contribution in [0.3, 0.4) is 0 Å². The number of nitrogens with one attached hydrogen (secondary N) is 2. The predicted octanol–water partition coefficient (Wildman–Crippen LogP) is 0.426. The van der Waals surface area contributed by atoms with E-state index in [1.165, 1.54) is 0 Å². The van der Waals surface area contributed by atoms with E-state index in [1.807, 2.05) is 20.8 Å². The van der Waals surface area contributed by atoms with Gasteiger partial charge in [-0.25, -0.2) is 0 Å². The van der Waals surface area contributed by atoms with Gasteiger partial charge in [0.25, 0.3) is 0 Å². The van der Waals surface area contributed by atoms with E-state index in [0.29, 0.717) is 19.4 Å². The Labute approximate surface area is 103 Å². The van der Waals surface area contributed by atoms with Gasteiger partial charge in [0, 0.05) is 24.4 Å². The van der Waals surface area contributed by atoms with Crippen molar-refractivity contribution in [2.24, 2.45) is 5.41 Å². The summed E-state index contributed by atoms with van der Waals surface area (Å²) in [6.45, 7) is 7.71. The Bertz CT molecular complexity index is 259. The first-order valence-corrected chi connectivity index (χ1v) is 5.96. The Balaban J connectivity index is 3.65. The van der Waals surface area contributed by atoms with Crippen LogP contribution in [0.4, 0.5) is 0 Å². The number of rotatable bonds is 6. The van der Waals surface area contributed by atoms with Crippen molar-refractivity contribution in [3.8, 4) is 0 Å². The minimum atomic E-state index is -0.395. The number of aliphatic hydroxyl groups excluding tert-OH is 1. The fourth-order valence-corrected chi connectivity index (χ4v) is 1.11. The second-order valence-electron chi connectivity index (χ2n) is 5.26. The van der Waals surface area contributed by atoms with Crippen LogP contribution in [0.2, 0.25) is 0 Å². The summed E-state index contributed by atoms with van der Waals surface area (Å²) in [5.41, 5.74) is -0.395. The van der Waals surface area contributed by atoms with Crippen LogP contribution in [0.25, 0.3) is 0 Å². The molecule has 0 aromatic rings. The molecule has 3 N–H and O–H groups in total. The lowest BCUT2D eigenvalue weighted by Crippen LogP contribution is -2.37. The average molecular weight is 244 g/mol. The van der Waals surface area contributed by atoms with E-state index in [1.54, 1.807) is 6.92 Å². The lowest BCUT2D eigenvalue weighted by atomic mass is 9.96. The third-order valence-corrected chi connectivity index (χ3v) is 2.23. The van der Waals surface area contributed by atoms with Crippen LogP contribution in [0.1, 0.15) is 40.5 Å². The number of carbonyl (C=O) groups is 2. The molecule has 0 aromatic heterocycles. The summed E-state index contributed by atoms with van der Waals surface area (Å²) in [6.07, 6.45) is 0.959. The molecule has 0 unspecified atom stereocenters. The third kappa shape index (κ3) is 7.74. The molecule has 2 amide bonds. The molecular formula is C12H24N2O3. The molecule has 0 fully saturated rings. The third-order valence-electron chi connectivity index (χ3n) is 2.23. The van der Waals surface area contributed by atoms with Crippen LogP contribution in [0, 0.1) is 5.41 Å². The van der Waals surface area contributed by atoms with Gasteiger partial charge in [-0.2, -0.15) is 0 Å². The van der Waals surface area contributed by atoms with Gasteiger partial charge < -0.3 is 15.7 Å². The highest BCUT2D eigenvalue weighted by Crippen LogP contribution is 2.12. The minimum absolute atomic E-state index is 0.0124. The zero-order valence-corrected chi connectivity index (χ0v) is 11.2. The second kappa shape index (κ2) is 7.27. The smallest absolute Gasteiger partial charge is 0.225 e. The Morgan fingerprint density at radius 2 is 1.88 bits per heavy atom. The normalized spacial score (nSPS) is 13.0. The van der Waals surface area contributed by atoms with E-state index in [2.05, 4.69) is 10.6 Å². The molecule has 0 heterocycles. The summed E-state index contributed by atoms with van der Waals surface area (Å²) in [4.78, 5) is 22.8. The van der Waals surface area contributed by atoms with Crippen molar-refractivity contribution >= 4 is 11.8 Å². The van der Waals surface area contributed by atoms with Crippen LogP contribution >= 0.6 is 0 Å². The molecule has 0 saturated carbocycles. The van der Waals surface area contributed by atoms with Crippen molar-refractivity contribution in [1.82, 2.24) is 10.6 Å². The fraction of sp³-hybridized carbons (Fsp3) is 0.833. The molecular weight excluding hydrogens is 220 g/mol. The predicted molar refractivity (Wildman–Crippen MR) is 66.4 cm³/mol. The molecule has 0 spiro atoms. The van der Waals surface area contributed by atoms with Gasteiger partial charge in [0.1, 0.15) is 0 Å². The molecule has 5 heteroatoms. The maximum absolute atomic E-state index is 11.5. The van der Waals surface area contributed by atoms with Crippen LogP contribution in [-0.4, -0.2) is 36.1 Å². The summed E-state index contributed by atoms with van der Waals surface area (Å²) in [7, 11) is 0. The summed E-state index contributed by atoms with van der Waals surface area (Å²) >= 11 is 0. The van der Waals surface area contributed by atoms with Gasteiger partial charge in [-0.15, -0.1) is 0 Å². The largest absolute Gasteiger partial charge is 0.394 e. The number of hydrogen-bond donors (Lipinski definition) is 3. The van der Waals surface area contributed by atoms with Crippen LogP contribution in [0.15, 0.2) is 0 Å². The molecule has 0 bridgehead atoms. The number of amides is 2.